The summed E-state index contributed by atoms with van der Waals surface area (Å²) in [5.41, 5.74) is 0.435. The second-order valence-corrected chi connectivity index (χ2v) is 4.19. The van der Waals surface area contributed by atoms with E-state index in [0.717, 1.165) is 0 Å². The second-order valence-electron chi connectivity index (χ2n) is 4.19. The normalized spacial score (nSPS) is 16.6. The molecule has 0 saturated carbocycles. The third kappa shape index (κ3) is 3.22. The minimum absolute atomic E-state index is 0.0633. The molecule has 2 rings (SSSR count). The average molecular weight is 273 g/mol. The van der Waals surface area contributed by atoms with E-state index in [9.17, 15) is 15.2 Å². The Balaban J connectivity index is 1.79. The molecule has 0 spiro atoms. The summed E-state index contributed by atoms with van der Waals surface area (Å²) in [4.78, 5) is 17.8. The van der Waals surface area contributed by atoms with Crippen molar-refractivity contribution < 1.29 is 24.3 Å². The quantitative estimate of drug-likeness (QED) is 0.338. The number of rotatable bonds is 5. The fourth-order valence-corrected chi connectivity index (χ4v) is 1.94. The van der Waals surface area contributed by atoms with Crippen molar-refractivity contribution in [2.75, 3.05) is 44.3 Å². The van der Waals surface area contributed by atoms with Crippen molar-refractivity contribution >= 4 is 0 Å². The van der Waals surface area contributed by atoms with Gasteiger partial charge in [0, 0.05) is 31.3 Å². The van der Waals surface area contributed by atoms with Gasteiger partial charge in [-0.15, -0.1) is 10.1 Å². The van der Waals surface area contributed by atoms with Crippen molar-refractivity contribution in [1.29, 1.82) is 0 Å². The van der Waals surface area contributed by atoms with Gasteiger partial charge in [-0.1, -0.05) is 0 Å². The molecule has 0 atom stereocenters. The summed E-state index contributed by atoms with van der Waals surface area (Å²) in [5, 5.41) is 26.0. The largest absolute Gasteiger partial charge is 0.539 e. The summed E-state index contributed by atoms with van der Waals surface area (Å²) >= 11 is 0. The van der Waals surface area contributed by atoms with Crippen LogP contribution in [0.4, 0.5) is 0 Å². The number of aromatic nitrogens is 2. The number of hydrogen-bond donors (Lipinski definition) is 0. The van der Waals surface area contributed by atoms with Gasteiger partial charge in [-0.25, -0.2) is 0 Å². The molecule has 1 saturated heterocycles. The predicted octanol–water partition coefficient (Wildman–Crippen LogP) is -2.19. The molecule has 1 aromatic rings. The van der Waals surface area contributed by atoms with Gasteiger partial charge in [-0.2, -0.15) is 5.01 Å². The smallest absolute Gasteiger partial charge is 0.294 e. The van der Waals surface area contributed by atoms with Crippen LogP contribution in [0.25, 0.3) is 0 Å². The molecule has 1 aliphatic heterocycles. The summed E-state index contributed by atoms with van der Waals surface area (Å²) in [7, 11) is 0. The molecule has 1 aromatic heterocycles. The summed E-state index contributed by atoms with van der Waals surface area (Å²) in [5.74, 6) is -0.443. The van der Waals surface area contributed by atoms with Crippen molar-refractivity contribution in [2.45, 2.75) is 6.92 Å². The van der Waals surface area contributed by atoms with Gasteiger partial charge in [0.05, 0.1) is 13.1 Å². The van der Waals surface area contributed by atoms with Crippen LogP contribution in [0.2, 0.25) is 0 Å². The molecule has 0 aliphatic carbocycles. The maximum Gasteiger partial charge on any atom is 0.294 e. The Kier molecular flexibility index (Phi) is 4.00. The lowest BCUT2D eigenvalue weighted by Gasteiger charge is -2.30. The van der Waals surface area contributed by atoms with Gasteiger partial charge in [0.25, 0.3) is 10.8 Å². The van der Waals surface area contributed by atoms with Crippen molar-refractivity contribution in [3.8, 4) is 5.95 Å². The predicted molar refractivity (Wildman–Crippen MR) is 58.2 cm³/mol. The monoisotopic (exact) mass is 273 g/mol. The van der Waals surface area contributed by atoms with Gasteiger partial charge in [-0.3, -0.25) is 4.90 Å². The van der Waals surface area contributed by atoms with Crippen LogP contribution >= 0.6 is 0 Å². The number of hydrogen-bond acceptors (Lipinski definition) is 8. The highest BCUT2D eigenvalue weighted by molar-refractivity contribution is 5.00. The van der Waals surface area contributed by atoms with Gasteiger partial charge in [0.2, 0.25) is 0 Å². The zero-order valence-corrected chi connectivity index (χ0v) is 10.5. The van der Waals surface area contributed by atoms with E-state index >= 15 is 0 Å². The first-order chi connectivity index (χ1) is 9.08. The Morgan fingerprint density at radius 2 is 2.16 bits per heavy atom. The SMILES string of the molecule is Cc1c([O-])on[n+]1N1CCN(CCO[N+](=O)[O-])CC1. The van der Waals surface area contributed by atoms with Crippen LogP contribution in [0.15, 0.2) is 4.52 Å². The van der Waals surface area contributed by atoms with Crippen LogP contribution in [-0.4, -0.2) is 54.6 Å². The van der Waals surface area contributed by atoms with E-state index < -0.39 is 11.0 Å². The first kappa shape index (κ1) is 13.3. The van der Waals surface area contributed by atoms with Crippen LogP contribution in [0, 0.1) is 17.0 Å². The first-order valence-corrected chi connectivity index (χ1v) is 5.88. The number of nitrogens with zero attached hydrogens (tertiary/aromatic N) is 5. The third-order valence-electron chi connectivity index (χ3n) is 3.02. The minimum Gasteiger partial charge on any atom is -0.539 e. The lowest BCUT2D eigenvalue weighted by atomic mass is 10.3. The maximum atomic E-state index is 11.2. The van der Waals surface area contributed by atoms with E-state index in [1.54, 1.807) is 6.92 Å². The van der Waals surface area contributed by atoms with Crippen molar-refractivity contribution in [1.82, 2.24) is 10.2 Å². The van der Waals surface area contributed by atoms with Crippen LogP contribution in [0.1, 0.15) is 5.69 Å². The van der Waals surface area contributed by atoms with E-state index in [0.29, 0.717) is 38.4 Å². The lowest BCUT2D eigenvalue weighted by Crippen LogP contribution is -2.66. The van der Waals surface area contributed by atoms with E-state index in [2.05, 4.69) is 14.6 Å². The Morgan fingerprint density at radius 3 is 2.68 bits per heavy atom. The summed E-state index contributed by atoms with van der Waals surface area (Å²) < 4.78 is 4.57. The van der Waals surface area contributed by atoms with Crippen molar-refractivity contribution in [2.24, 2.45) is 0 Å². The third-order valence-corrected chi connectivity index (χ3v) is 3.02. The lowest BCUT2D eigenvalue weighted by molar-refractivity contribution is -0.764. The Labute approximate surface area is 108 Å². The molecule has 0 N–H and O–H groups in total. The van der Waals surface area contributed by atoms with Crippen LogP contribution in [0.5, 0.6) is 5.95 Å². The Hall–Kier alpha value is -2.10. The minimum atomic E-state index is -0.791. The van der Waals surface area contributed by atoms with Crippen LogP contribution in [0.3, 0.4) is 0 Å². The van der Waals surface area contributed by atoms with Gasteiger partial charge in [0.15, 0.2) is 5.95 Å². The van der Waals surface area contributed by atoms with Crippen LogP contribution < -0.4 is 14.9 Å². The van der Waals surface area contributed by atoms with Gasteiger partial charge in [-0.05, 0) is 0 Å². The second kappa shape index (κ2) is 5.69. The zero-order valence-electron chi connectivity index (χ0n) is 10.5. The highest BCUT2D eigenvalue weighted by Gasteiger charge is 2.26. The molecule has 10 nitrogen and oxygen atoms in total. The zero-order chi connectivity index (χ0) is 13.8. The molecule has 106 valence electrons. The summed E-state index contributed by atoms with van der Waals surface area (Å²) in [6.45, 7) is 4.98. The molecule has 0 unspecified atom stereocenters. The van der Waals surface area contributed by atoms with E-state index in [-0.39, 0.29) is 6.61 Å². The summed E-state index contributed by atoms with van der Waals surface area (Å²) in [6.07, 6.45) is 0. The number of piperazine rings is 1. The summed E-state index contributed by atoms with van der Waals surface area (Å²) in [6, 6.07) is 0. The van der Waals surface area contributed by atoms with Gasteiger partial charge in [0.1, 0.15) is 11.9 Å². The van der Waals surface area contributed by atoms with E-state index in [1.165, 1.54) is 4.79 Å². The molecule has 2 heterocycles. The molecular formula is C9H15N5O5. The molecule has 0 amide bonds. The van der Waals surface area contributed by atoms with Crippen LogP contribution in [-0.2, 0) is 4.84 Å². The topological polar surface area (TPSA) is 112 Å². The molecule has 1 fully saturated rings. The molecular weight excluding hydrogens is 258 g/mol. The van der Waals surface area contributed by atoms with E-state index in [1.807, 2.05) is 9.91 Å². The van der Waals surface area contributed by atoms with Crippen molar-refractivity contribution in [3.63, 3.8) is 0 Å². The average Bonchev–Trinajstić information content (AvgIpc) is 2.71. The highest BCUT2D eigenvalue weighted by atomic mass is 16.9. The van der Waals surface area contributed by atoms with E-state index in [4.69, 9.17) is 0 Å². The van der Waals surface area contributed by atoms with Gasteiger partial charge >= 0.3 is 0 Å². The van der Waals surface area contributed by atoms with Gasteiger partial charge < -0.3 is 14.5 Å². The van der Waals surface area contributed by atoms with Crippen molar-refractivity contribution in [3.05, 3.63) is 15.8 Å². The standard InChI is InChI=1S/C9H15N5O5/c1-8-9(15)19-10-13(8)12-4-2-11(3-5-12)6-7-18-14(16)17/h2-7H2,1H3. The molecule has 10 heteroatoms. The molecule has 1 aliphatic rings. The fraction of sp³-hybridized carbons (Fsp3) is 0.778. The Morgan fingerprint density at radius 1 is 1.47 bits per heavy atom. The molecule has 0 radical (unpaired) electrons. The maximum absolute atomic E-state index is 11.2. The fourth-order valence-electron chi connectivity index (χ4n) is 1.94. The molecule has 0 bridgehead atoms. The molecule has 19 heavy (non-hydrogen) atoms. The highest BCUT2D eigenvalue weighted by Crippen LogP contribution is 2.05. The molecule has 0 aromatic carbocycles. The Bertz CT molecular complexity index is 442. The first-order valence-electron chi connectivity index (χ1n) is 5.88.